The molecule has 0 amide bonds. The van der Waals surface area contributed by atoms with Crippen LogP contribution in [0.4, 0.5) is 24.5 Å². The Morgan fingerprint density at radius 1 is 0.857 bits per heavy atom. The molecule has 1 aliphatic rings. The molecule has 3 aromatic carbocycles. The molecule has 0 aromatic heterocycles. The zero-order chi connectivity index (χ0) is 19.7. The van der Waals surface area contributed by atoms with E-state index in [2.05, 4.69) is 11.0 Å². The molecule has 0 fully saturated rings. The number of nitrogens with zero attached hydrogens (tertiary/aromatic N) is 1. The number of hydrogen-bond donors (Lipinski definition) is 1. The van der Waals surface area contributed by atoms with Gasteiger partial charge in [-0.05, 0) is 71.5 Å². The number of halogens is 3. The van der Waals surface area contributed by atoms with Gasteiger partial charge in [-0.2, -0.15) is 13.2 Å². The highest BCUT2D eigenvalue weighted by atomic mass is 19.4. The molecule has 0 unspecified atom stereocenters. The molecule has 0 radical (unpaired) electrons. The Bertz CT molecular complexity index is 990. The van der Waals surface area contributed by atoms with Crippen LogP contribution in [-0.4, -0.2) is 12.8 Å². The Kier molecular flexibility index (Phi) is 4.67. The van der Waals surface area contributed by atoms with E-state index in [1.807, 2.05) is 36.4 Å². The molecule has 4 rings (SSSR count). The van der Waals surface area contributed by atoms with Gasteiger partial charge in [0.25, 0.3) is 0 Å². The molecule has 3 aromatic rings. The third-order valence-corrected chi connectivity index (χ3v) is 5.12. The highest BCUT2D eigenvalue weighted by Gasteiger charge is 2.30. The van der Waals surface area contributed by atoms with Crippen molar-refractivity contribution in [2.45, 2.75) is 19.0 Å². The smallest absolute Gasteiger partial charge is 0.341 e. The Balaban J connectivity index is 1.65. The highest BCUT2D eigenvalue weighted by molar-refractivity contribution is 5.79. The molecule has 0 aliphatic carbocycles. The van der Waals surface area contributed by atoms with E-state index in [0.29, 0.717) is 0 Å². The first kappa shape index (κ1) is 18.3. The normalized spacial score (nSPS) is 13.9. The van der Waals surface area contributed by atoms with E-state index in [4.69, 9.17) is 5.41 Å². The minimum atomic E-state index is -4.32. The summed E-state index contributed by atoms with van der Waals surface area (Å²) in [4.78, 5) is 2.25. The maximum Gasteiger partial charge on any atom is 0.416 e. The van der Waals surface area contributed by atoms with Crippen molar-refractivity contribution < 1.29 is 13.2 Å². The van der Waals surface area contributed by atoms with Gasteiger partial charge < -0.3 is 10.3 Å². The molecule has 0 atom stereocenters. The monoisotopic (exact) mass is 380 g/mol. The van der Waals surface area contributed by atoms with Crippen molar-refractivity contribution >= 4 is 17.6 Å². The van der Waals surface area contributed by atoms with Gasteiger partial charge in [0, 0.05) is 24.1 Å². The number of anilines is 2. The van der Waals surface area contributed by atoms with Crippen LogP contribution in [-0.2, 0) is 12.6 Å². The molecule has 0 saturated heterocycles. The number of aryl methyl sites for hydroxylation is 1. The third kappa shape index (κ3) is 3.52. The summed E-state index contributed by atoms with van der Waals surface area (Å²) in [5, 5.41) is 7.33. The fourth-order valence-electron chi connectivity index (χ4n) is 3.65. The van der Waals surface area contributed by atoms with Crippen LogP contribution in [0.15, 0.2) is 66.7 Å². The minimum absolute atomic E-state index is 0.631. The Hall–Kier alpha value is -3.08. The van der Waals surface area contributed by atoms with E-state index >= 15 is 0 Å². The van der Waals surface area contributed by atoms with Crippen molar-refractivity contribution in [1.82, 2.24) is 0 Å². The molecule has 1 aliphatic heterocycles. The predicted molar refractivity (Wildman–Crippen MR) is 107 cm³/mol. The fourth-order valence-corrected chi connectivity index (χ4v) is 3.65. The number of benzene rings is 3. The number of nitrogens with one attached hydrogen (secondary N) is 1. The van der Waals surface area contributed by atoms with Gasteiger partial charge in [0.15, 0.2) is 0 Å². The first-order valence-electron chi connectivity index (χ1n) is 9.14. The SMILES string of the molecule is N=Cc1ccc(N2CCCc3cc(-c4ccc(C(F)(F)F)cc4)ccc32)cc1. The maximum atomic E-state index is 12.8. The van der Waals surface area contributed by atoms with Crippen LogP contribution in [0.5, 0.6) is 0 Å². The number of fused-ring (bicyclic) bond motifs is 1. The lowest BCUT2D eigenvalue weighted by atomic mass is 9.95. The minimum Gasteiger partial charge on any atom is -0.341 e. The molecule has 0 spiro atoms. The first-order valence-corrected chi connectivity index (χ1v) is 9.14. The summed E-state index contributed by atoms with van der Waals surface area (Å²) in [6, 6.07) is 19.3. The molecule has 1 heterocycles. The van der Waals surface area contributed by atoms with Crippen LogP contribution in [0, 0.1) is 5.41 Å². The zero-order valence-electron chi connectivity index (χ0n) is 15.1. The highest BCUT2D eigenvalue weighted by Crippen LogP contribution is 2.37. The molecule has 0 saturated carbocycles. The maximum absolute atomic E-state index is 12.8. The van der Waals surface area contributed by atoms with Gasteiger partial charge in [-0.15, -0.1) is 0 Å². The number of rotatable bonds is 3. The second-order valence-electron chi connectivity index (χ2n) is 6.91. The number of hydrogen-bond acceptors (Lipinski definition) is 2. The fraction of sp³-hybridized carbons (Fsp3) is 0.174. The van der Waals surface area contributed by atoms with E-state index in [-0.39, 0.29) is 0 Å². The van der Waals surface area contributed by atoms with E-state index in [0.717, 1.165) is 59.6 Å². The van der Waals surface area contributed by atoms with Gasteiger partial charge in [-0.3, -0.25) is 0 Å². The average molecular weight is 380 g/mol. The van der Waals surface area contributed by atoms with Crippen LogP contribution in [0.1, 0.15) is 23.1 Å². The molecule has 142 valence electrons. The summed E-state index contributed by atoms with van der Waals surface area (Å²) in [5.74, 6) is 0. The summed E-state index contributed by atoms with van der Waals surface area (Å²) < 4.78 is 38.3. The van der Waals surface area contributed by atoms with Crippen LogP contribution in [0.25, 0.3) is 11.1 Å². The summed E-state index contributed by atoms with van der Waals surface area (Å²) in [6.45, 7) is 0.913. The Morgan fingerprint density at radius 2 is 1.54 bits per heavy atom. The van der Waals surface area contributed by atoms with Crippen molar-refractivity contribution in [2.75, 3.05) is 11.4 Å². The van der Waals surface area contributed by atoms with E-state index in [1.54, 1.807) is 0 Å². The van der Waals surface area contributed by atoms with Crippen LogP contribution in [0.2, 0.25) is 0 Å². The third-order valence-electron chi connectivity index (χ3n) is 5.12. The Labute approximate surface area is 161 Å². The molecule has 5 heteroatoms. The largest absolute Gasteiger partial charge is 0.416 e. The van der Waals surface area contributed by atoms with Crippen molar-refractivity contribution in [3.63, 3.8) is 0 Å². The van der Waals surface area contributed by atoms with Crippen LogP contribution >= 0.6 is 0 Å². The van der Waals surface area contributed by atoms with E-state index in [9.17, 15) is 13.2 Å². The summed E-state index contributed by atoms with van der Waals surface area (Å²) >= 11 is 0. The van der Waals surface area contributed by atoms with E-state index < -0.39 is 11.7 Å². The molecular formula is C23H19F3N2. The van der Waals surface area contributed by atoms with E-state index in [1.165, 1.54) is 23.9 Å². The Morgan fingerprint density at radius 3 is 2.18 bits per heavy atom. The quantitative estimate of drug-likeness (QED) is 0.519. The lowest BCUT2D eigenvalue weighted by molar-refractivity contribution is -0.137. The van der Waals surface area contributed by atoms with Crippen LogP contribution < -0.4 is 4.90 Å². The number of alkyl halides is 3. The predicted octanol–water partition coefficient (Wildman–Crippen LogP) is 6.45. The summed E-state index contributed by atoms with van der Waals surface area (Å²) in [6.07, 6.45) is -1.04. The molecule has 0 bridgehead atoms. The average Bonchev–Trinajstić information content (AvgIpc) is 2.72. The molecule has 28 heavy (non-hydrogen) atoms. The lowest BCUT2D eigenvalue weighted by Gasteiger charge is -2.32. The standard InChI is InChI=1S/C23H19F3N2/c24-23(25,26)20-8-5-17(6-9-20)18-7-12-22-19(14-18)2-1-13-28(22)21-10-3-16(15-27)4-11-21/h3-12,14-15,27H,1-2,13H2. The van der Waals surface area contributed by atoms with Crippen molar-refractivity contribution in [2.24, 2.45) is 0 Å². The lowest BCUT2D eigenvalue weighted by Crippen LogP contribution is -2.24. The zero-order valence-corrected chi connectivity index (χ0v) is 15.1. The van der Waals surface area contributed by atoms with Crippen molar-refractivity contribution in [3.05, 3.63) is 83.4 Å². The molecular weight excluding hydrogens is 361 g/mol. The van der Waals surface area contributed by atoms with Crippen molar-refractivity contribution in [1.29, 1.82) is 5.41 Å². The van der Waals surface area contributed by atoms with Gasteiger partial charge in [0.1, 0.15) is 0 Å². The summed E-state index contributed by atoms with van der Waals surface area (Å²) in [5.41, 5.74) is 5.34. The summed E-state index contributed by atoms with van der Waals surface area (Å²) in [7, 11) is 0. The first-order chi connectivity index (χ1) is 13.5. The van der Waals surface area contributed by atoms with Crippen molar-refractivity contribution in [3.8, 4) is 11.1 Å². The molecule has 1 N–H and O–H groups in total. The van der Waals surface area contributed by atoms with Gasteiger partial charge in [-0.25, -0.2) is 0 Å². The molecule has 2 nitrogen and oxygen atoms in total. The van der Waals surface area contributed by atoms with Crippen LogP contribution in [0.3, 0.4) is 0 Å². The second kappa shape index (κ2) is 7.15. The topological polar surface area (TPSA) is 27.1 Å². The van der Waals surface area contributed by atoms with Gasteiger partial charge in [0.2, 0.25) is 0 Å². The second-order valence-corrected chi connectivity index (χ2v) is 6.91. The van der Waals surface area contributed by atoms with Gasteiger partial charge in [-0.1, -0.05) is 30.3 Å². The van der Waals surface area contributed by atoms with Gasteiger partial charge in [0.05, 0.1) is 5.56 Å². The van der Waals surface area contributed by atoms with Gasteiger partial charge >= 0.3 is 6.18 Å².